The molecule has 0 unspecified atom stereocenters. The van der Waals surface area contributed by atoms with Gasteiger partial charge in [0.15, 0.2) is 0 Å². The van der Waals surface area contributed by atoms with Crippen molar-refractivity contribution in [3.8, 4) is 0 Å². The molecule has 1 saturated carbocycles. The van der Waals surface area contributed by atoms with Crippen LogP contribution in [0, 0.1) is 0 Å². The molecule has 0 bridgehead atoms. The second-order valence-corrected chi connectivity index (χ2v) is 7.49. The zero-order valence-electron chi connectivity index (χ0n) is 15.6. The number of nitrogens with zero attached hydrogens (tertiary/aromatic N) is 1. The van der Waals surface area contributed by atoms with Crippen molar-refractivity contribution in [1.82, 2.24) is 4.90 Å². The molecule has 1 aliphatic rings. The topological polar surface area (TPSA) is 12.5 Å². The molecule has 0 heterocycles. The van der Waals surface area contributed by atoms with Crippen molar-refractivity contribution in [2.45, 2.75) is 70.9 Å². The van der Waals surface area contributed by atoms with Gasteiger partial charge in [0.25, 0.3) is 0 Å². The van der Waals surface area contributed by atoms with E-state index in [1.54, 1.807) is 0 Å². The molecule has 0 aliphatic heterocycles. The van der Waals surface area contributed by atoms with Crippen LogP contribution in [0.5, 0.6) is 0 Å². The molecule has 0 N–H and O–H groups in total. The predicted molar refractivity (Wildman–Crippen MR) is 104 cm³/mol. The minimum absolute atomic E-state index is 0.339. The molecular weight excluding hydrogens is 306 g/mol. The van der Waals surface area contributed by atoms with Gasteiger partial charge in [0.1, 0.15) is 0 Å². The van der Waals surface area contributed by atoms with E-state index in [9.17, 15) is 0 Å². The Morgan fingerprint density at radius 1 is 0.800 bits per heavy atom. The van der Waals surface area contributed by atoms with Gasteiger partial charge in [-0.1, -0.05) is 60.7 Å². The van der Waals surface area contributed by atoms with E-state index in [2.05, 4.69) is 79.4 Å². The lowest BCUT2D eigenvalue weighted by Crippen LogP contribution is -2.39. The lowest BCUT2D eigenvalue weighted by atomic mass is 9.91. The monoisotopic (exact) mass is 337 g/mol. The number of hydrogen-bond acceptors (Lipinski definition) is 2. The lowest BCUT2D eigenvalue weighted by molar-refractivity contribution is -0.0279. The molecule has 1 aliphatic carbocycles. The highest BCUT2D eigenvalue weighted by atomic mass is 16.5. The van der Waals surface area contributed by atoms with Crippen molar-refractivity contribution < 1.29 is 4.74 Å². The van der Waals surface area contributed by atoms with Gasteiger partial charge in [0, 0.05) is 19.1 Å². The maximum Gasteiger partial charge on any atom is 0.0579 e. The van der Waals surface area contributed by atoms with Crippen LogP contribution in [0.4, 0.5) is 0 Å². The summed E-state index contributed by atoms with van der Waals surface area (Å²) in [6.45, 7) is 6.33. The predicted octanol–water partition coefficient (Wildman–Crippen LogP) is 5.43. The van der Waals surface area contributed by atoms with E-state index in [1.807, 2.05) is 0 Å². The van der Waals surface area contributed by atoms with Crippen LogP contribution in [0.2, 0.25) is 0 Å². The quantitative estimate of drug-likeness (QED) is 0.668. The molecule has 25 heavy (non-hydrogen) atoms. The summed E-state index contributed by atoms with van der Waals surface area (Å²) in [7, 11) is 0. The average Bonchev–Trinajstić information content (AvgIpc) is 2.63. The van der Waals surface area contributed by atoms with Crippen molar-refractivity contribution in [3.63, 3.8) is 0 Å². The zero-order valence-corrected chi connectivity index (χ0v) is 15.6. The van der Waals surface area contributed by atoms with Gasteiger partial charge in [0.05, 0.1) is 12.2 Å². The van der Waals surface area contributed by atoms with E-state index in [4.69, 9.17) is 4.74 Å². The van der Waals surface area contributed by atoms with Gasteiger partial charge in [-0.3, -0.25) is 4.90 Å². The van der Waals surface area contributed by atoms with Crippen LogP contribution >= 0.6 is 0 Å². The Morgan fingerprint density at radius 3 is 1.72 bits per heavy atom. The first-order valence-electron chi connectivity index (χ1n) is 9.68. The third-order valence-corrected chi connectivity index (χ3v) is 5.08. The fourth-order valence-corrected chi connectivity index (χ4v) is 3.88. The molecule has 0 amide bonds. The molecule has 0 aromatic heterocycles. The summed E-state index contributed by atoms with van der Waals surface area (Å²) in [5, 5.41) is 0. The van der Waals surface area contributed by atoms with Crippen LogP contribution in [-0.4, -0.2) is 23.1 Å². The standard InChI is InChI=1S/C23H31NO/c1-19(2)25-23-15-13-22(14-16-23)24(17-20-9-5-3-6-10-20)18-21-11-7-4-8-12-21/h3-12,19,22-23H,13-18H2,1-2H3/t22-,23-. The van der Waals surface area contributed by atoms with Crippen LogP contribution < -0.4 is 0 Å². The van der Waals surface area contributed by atoms with Crippen molar-refractivity contribution in [2.24, 2.45) is 0 Å². The summed E-state index contributed by atoms with van der Waals surface area (Å²) in [5.74, 6) is 0. The first-order chi connectivity index (χ1) is 12.2. The van der Waals surface area contributed by atoms with Gasteiger partial charge in [-0.25, -0.2) is 0 Å². The minimum Gasteiger partial charge on any atom is -0.376 e. The zero-order chi connectivity index (χ0) is 17.5. The molecule has 2 aromatic rings. The molecule has 0 radical (unpaired) electrons. The summed E-state index contributed by atoms with van der Waals surface area (Å²) in [6, 6.07) is 22.4. The molecule has 0 saturated heterocycles. The molecule has 2 heteroatoms. The van der Waals surface area contributed by atoms with Gasteiger partial charge in [-0.05, 0) is 50.7 Å². The van der Waals surface area contributed by atoms with Crippen molar-refractivity contribution >= 4 is 0 Å². The average molecular weight is 338 g/mol. The number of rotatable bonds is 7. The smallest absolute Gasteiger partial charge is 0.0579 e. The molecule has 0 atom stereocenters. The Hall–Kier alpha value is -1.64. The second kappa shape index (κ2) is 9.17. The fourth-order valence-electron chi connectivity index (χ4n) is 3.88. The largest absolute Gasteiger partial charge is 0.376 e. The Bertz CT molecular complexity index is 561. The summed E-state index contributed by atoms with van der Waals surface area (Å²) in [5.41, 5.74) is 2.80. The SMILES string of the molecule is CC(C)O[C@H]1CC[C@H](N(Cc2ccccc2)Cc2ccccc2)CC1. The first kappa shape index (κ1) is 18.2. The van der Waals surface area contributed by atoms with E-state index >= 15 is 0 Å². The maximum atomic E-state index is 6.04. The fraction of sp³-hybridized carbons (Fsp3) is 0.478. The highest BCUT2D eigenvalue weighted by Crippen LogP contribution is 2.28. The minimum atomic E-state index is 0.339. The molecule has 2 aromatic carbocycles. The van der Waals surface area contributed by atoms with E-state index in [1.165, 1.54) is 36.8 Å². The van der Waals surface area contributed by atoms with E-state index < -0.39 is 0 Å². The van der Waals surface area contributed by atoms with Gasteiger partial charge in [0.2, 0.25) is 0 Å². The van der Waals surface area contributed by atoms with E-state index in [0.29, 0.717) is 18.2 Å². The number of hydrogen-bond donors (Lipinski definition) is 0. The molecule has 134 valence electrons. The number of ether oxygens (including phenoxy) is 1. The molecular formula is C23H31NO. The highest BCUT2D eigenvalue weighted by Gasteiger charge is 2.27. The Morgan fingerprint density at radius 2 is 1.28 bits per heavy atom. The van der Waals surface area contributed by atoms with Crippen molar-refractivity contribution in [3.05, 3.63) is 71.8 Å². The second-order valence-electron chi connectivity index (χ2n) is 7.49. The van der Waals surface area contributed by atoms with E-state index in [0.717, 1.165) is 13.1 Å². The Balaban J connectivity index is 1.66. The van der Waals surface area contributed by atoms with Crippen LogP contribution in [0.15, 0.2) is 60.7 Å². The first-order valence-corrected chi connectivity index (χ1v) is 9.68. The Labute approximate surface area is 152 Å². The maximum absolute atomic E-state index is 6.04. The van der Waals surface area contributed by atoms with Gasteiger partial charge in [-0.15, -0.1) is 0 Å². The molecule has 0 spiro atoms. The highest BCUT2D eigenvalue weighted by molar-refractivity contribution is 5.17. The molecule has 2 nitrogen and oxygen atoms in total. The van der Waals surface area contributed by atoms with E-state index in [-0.39, 0.29) is 0 Å². The molecule has 1 fully saturated rings. The summed E-state index contributed by atoms with van der Waals surface area (Å²) < 4.78 is 6.04. The van der Waals surface area contributed by atoms with Crippen LogP contribution in [-0.2, 0) is 17.8 Å². The molecule has 3 rings (SSSR count). The Kier molecular flexibility index (Phi) is 6.66. The van der Waals surface area contributed by atoms with Crippen molar-refractivity contribution in [1.29, 1.82) is 0 Å². The normalized spacial score (nSPS) is 21.0. The summed E-state index contributed by atoms with van der Waals surface area (Å²) >= 11 is 0. The number of benzene rings is 2. The van der Waals surface area contributed by atoms with Gasteiger partial charge in [-0.2, -0.15) is 0 Å². The summed E-state index contributed by atoms with van der Waals surface area (Å²) in [4.78, 5) is 2.66. The van der Waals surface area contributed by atoms with Crippen molar-refractivity contribution in [2.75, 3.05) is 0 Å². The summed E-state index contributed by atoms with van der Waals surface area (Å²) in [6.07, 6.45) is 5.62. The van der Waals surface area contributed by atoms with Crippen LogP contribution in [0.3, 0.4) is 0 Å². The van der Waals surface area contributed by atoms with Crippen LogP contribution in [0.25, 0.3) is 0 Å². The van der Waals surface area contributed by atoms with Gasteiger partial charge >= 0.3 is 0 Å². The lowest BCUT2D eigenvalue weighted by Gasteiger charge is -2.37. The van der Waals surface area contributed by atoms with Gasteiger partial charge < -0.3 is 4.74 Å². The third kappa shape index (κ3) is 5.69. The van der Waals surface area contributed by atoms with Crippen LogP contribution in [0.1, 0.15) is 50.7 Å². The third-order valence-electron chi connectivity index (χ3n) is 5.08.